The molecule has 10 heteroatoms. The van der Waals surface area contributed by atoms with Gasteiger partial charge in [0.05, 0.1) is 16.1 Å². The van der Waals surface area contributed by atoms with E-state index in [1.54, 1.807) is 9.80 Å². The second-order valence-corrected chi connectivity index (χ2v) is 29.5. The van der Waals surface area contributed by atoms with Crippen LogP contribution in [-0.4, -0.2) is 50.6 Å². The maximum atomic E-state index is 13.3. The van der Waals surface area contributed by atoms with E-state index in [0.29, 0.717) is 0 Å². The van der Waals surface area contributed by atoms with Crippen molar-refractivity contribution in [2.24, 2.45) is 0 Å². The number of carbonyl (C=O) groups excluding carboxylic acids is 2. The first-order valence-corrected chi connectivity index (χ1v) is 29.9. The summed E-state index contributed by atoms with van der Waals surface area (Å²) in [6.07, 6.45) is 1.60. The molecule has 10 rings (SSSR count). The van der Waals surface area contributed by atoms with Gasteiger partial charge in [0.15, 0.2) is 24.7 Å². The van der Waals surface area contributed by atoms with Crippen LogP contribution in [0.1, 0.15) is 69.9 Å². The van der Waals surface area contributed by atoms with Gasteiger partial charge in [-0.05, 0) is 55.9 Å². The lowest BCUT2D eigenvalue weighted by atomic mass is 9.95. The molecule has 0 bridgehead atoms. The van der Waals surface area contributed by atoms with Gasteiger partial charge in [0.25, 0.3) is 0 Å². The van der Waals surface area contributed by atoms with Crippen molar-refractivity contribution < 1.29 is 28.5 Å². The van der Waals surface area contributed by atoms with Crippen LogP contribution < -0.4 is 0 Å². The summed E-state index contributed by atoms with van der Waals surface area (Å²) in [6, 6.07) is 60.2. The van der Waals surface area contributed by atoms with Crippen molar-refractivity contribution in [3.05, 3.63) is 238 Å². The highest BCUT2D eigenvalue weighted by Crippen LogP contribution is 2.50. The van der Waals surface area contributed by atoms with Crippen LogP contribution in [-0.2, 0) is 18.9 Å². The van der Waals surface area contributed by atoms with E-state index >= 15 is 0 Å². The van der Waals surface area contributed by atoms with Gasteiger partial charge >= 0.3 is 12.2 Å². The van der Waals surface area contributed by atoms with E-state index in [2.05, 4.69) is 100.0 Å². The molecular weight excluding hydrogens is 853 g/mol. The molecule has 8 atom stereocenters. The number of cyclic esters (lactones) is 2. The summed E-state index contributed by atoms with van der Waals surface area (Å²) in [6.45, 7) is 13.9. The smallest absolute Gasteiger partial charge is 0.413 e. The van der Waals surface area contributed by atoms with Crippen LogP contribution in [0.3, 0.4) is 0 Å². The van der Waals surface area contributed by atoms with Crippen molar-refractivity contribution in [2.75, 3.05) is 0 Å². The van der Waals surface area contributed by atoms with Gasteiger partial charge in [-0.3, -0.25) is 9.80 Å². The van der Waals surface area contributed by atoms with Crippen LogP contribution in [0, 0.1) is 0 Å². The standard InChI is InChI=1S/2C28H29NO3Si/c2*1-33(2,3)23-19-24(31-26(23)21-15-9-5-10-16-21)29-25(20-13-7-4-8-14-20)27(32-28(29)30)22-17-11-6-12-18-22/h2*4-19,24-27H,1-3H3/t2*24-,25+,26+,27-/m10/s1. The lowest BCUT2D eigenvalue weighted by molar-refractivity contribution is -0.0311. The number of nitrogens with zero attached hydrogens (tertiary/aromatic N) is 2. The van der Waals surface area contributed by atoms with Gasteiger partial charge in [-0.15, -0.1) is 0 Å². The van der Waals surface area contributed by atoms with Gasteiger partial charge in [-0.25, -0.2) is 9.59 Å². The fraction of sp³-hybridized carbons (Fsp3) is 0.250. The highest BCUT2D eigenvalue weighted by molar-refractivity contribution is 6.83. The summed E-state index contributed by atoms with van der Waals surface area (Å²) in [5.41, 5.74) is 6.27. The molecule has 2 saturated heterocycles. The average Bonchev–Trinajstić information content (AvgIpc) is 4.14. The quantitative estimate of drug-likeness (QED) is 0.127. The minimum Gasteiger partial charge on any atom is -0.439 e. The van der Waals surface area contributed by atoms with Crippen molar-refractivity contribution in [1.82, 2.24) is 9.80 Å². The minimum absolute atomic E-state index is 0.150. The second-order valence-electron chi connectivity index (χ2n) is 19.3. The van der Waals surface area contributed by atoms with E-state index in [4.69, 9.17) is 18.9 Å². The molecule has 66 heavy (non-hydrogen) atoms. The average molecular weight is 911 g/mol. The Morgan fingerprint density at radius 2 is 0.621 bits per heavy atom. The Labute approximate surface area is 391 Å². The predicted octanol–water partition coefficient (Wildman–Crippen LogP) is 13.6. The van der Waals surface area contributed by atoms with Crippen molar-refractivity contribution in [3.63, 3.8) is 0 Å². The number of ether oxygens (including phenoxy) is 4. The summed E-state index contributed by atoms with van der Waals surface area (Å²) in [5.74, 6) is 0. The number of carbonyl (C=O) groups is 2. The van der Waals surface area contributed by atoms with Crippen LogP contribution in [0.15, 0.2) is 205 Å². The minimum atomic E-state index is -1.71. The summed E-state index contributed by atoms with van der Waals surface area (Å²) in [7, 11) is -3.42. The number of hydrogen-bond acceptors (Lipinski definition) is 6. The van der Waals surface area contributed by atoms with Gasteiger partial charge in [-0.1, -0.05) is 221 Å². The highest BCUT2D eigenvalue weighted by Gasteiger charge is 2.51. The first kappa shape index (κ1) is 44.9. The Morgan fingerprint density at radius 1 is 0.364 bits per heavy atom. The third-order valence-corrected chi connectivity index (χ3v) is 17.2. The fourth-order valence-corrected chi connectivity index (χ4v) is 12.9. The van der Waals surface area contributed by atoms with Gasteiger partial charge in [0.1, 0.15) is 24.3 Å². The number of amides is 2. The van der Waals surface area contributed by atoms with Crippen LogP contribution >= 0.6 is 0 Å². The summed E-state index contributed by atoms with van der Waals surface area (Å²) >= 11 is 0. The molecule has 0 saturated carbocycles. The van der Waals surface area contributed by atoms with E-state index in [-0.39, 0.29) is 36.5 Å². The second kappa shape index (κ2) is 18.9. The van der Waals surface area contributed by atoms with Crippen molar-refractivity contribution in [3.8, 4) is 0 Å². The lowest BCUT2D eigenvalue weighted by Crippen LogP contribution is -2.37. The Hall–Kier alpha value is -6.31. The van der Waals surface area contributed by atoms with E-state index < -0.39 is 40.8 Å². The van der Waals surface area contributed by atoms with Gasteiger partial charge < -0.3 is 18.9 Å². The zero-order valence-electron chi connectivity index (χ0n) is 38.4. The van der Waals surface area contributed by atoms with Crippen molar-refractivity contribution in [2.45, 2.75) is 88.2 Å². The van der Waals surface area contributed by atoms with Crippen molar-refractivity contribution in [1.29, 1.82) is 0 Å². The first-order chi connectivity index (χ1) is 31.9. The number of rotatable bonds is 10. The fourth-order valence-electron chi connectivity index (χ4n) is 9.60. The molecule has 8 nitrogen and oxygen atoms in total. The molecule has 0 aliphatic carbocycles. The highest BCUT2D eigenvalue weighted by atomic mass is 28.3. The van der Waals surface area contributed by atoms with Crippen LogP contribution in [0.25, 0.3) is 0 Å². The molecule has 0 radical (unpaired) electrons. The van der Waals surface area contributed by atoms with E-state index in [1.165, 1.54) is 10.4 Å². The molecular formula is C56H58N2O6Si2. The molecule has 4 aliphatic heterocycles. The van der Waals surface area contributed by atoms with Crippen LogP contribution in [0.4, 0.5) is 9.59 Å². The molecule has 0 spiro atoms. The maximum Gasteiger partial charge on any atom is 0.413 e. The zero-order valence-corrected chi connectivity index (χ0v) is 40.4. The number of benzene rings is 6. The maximum absolute atomic E-state index is 13.3. The molecule has 0 N–H and O–H groups in total. The zero-order chi connectivity index (χ0) is 46.0. The third kappa shape index (κ3) is 9.24. The Balaban J connectivity index is 0.000000166. The molecule has 0 unspecified atom stereocenters. The Kier molecular flexibility index (Phi) is 12.8. The van der Waals surface area contributed by atoms with E-state index in [9.17, 15) is 9.59 Å². The third-order valence-electron chi connectivity index (χ3n) is 12.8. The molecule has 4 aliphatic rings. The molecule has 2 amide bonds. The summed E-state index contributed by atoms with van der Waals surface area (Å²) in [5, 5.41) is 2.61. The summed E-state index contributed by atoms with van der Waals surface area (Å²) in [4.78, 5) is 30.2. The van der Waals surface area contributed by atoms with Crippen LogP contribution in [0.2, 0.25) is 39.3 Å². The normalized spacial score (nSPS) is 25.1. The molecule has 4 heterocycles. The number of hydrogen-bond donors (Lipinski definition) is 0. The lowest BCUT2D eigenvalue weighted by Gasteiger charge is -2.30. The molecule has 2 fully saturated rings. The van der Waals surface area contributed by atoms with Crippen molar-refractivity contribution >= 4 is 28.3 Å². The molecule has 6 aromatic rings. The van der Waals surface area contributed by atoms with Crippen LogP contribution in [0.5, 0.6) is 0 Å². The molecule has 6 aromatic carbocycles. The SMILES string of the molecule is C[Si](C)(C)C1=C[C@@H](N2C(=O)O[C@@H](c3ccccc3)[C@H]2c2ccccc2)O[C@@H]1c1ccccc1.C[Si](C)(C)C1=C[C@H](N2C(=O)O[C@H](c3ccccc3)[C@@H]2c2ccccc2)O[C@H]1c1ccccc1. The Morgan fingerprint density at radius 3 is 0.894 bits per heavy atom. The van der Waals surface area contributed by atoms with E-state index in [1.807, 2.05) is 133 Å². The monoisotopic (exact) mass is 910 g/mol. The summed E-state index contributed by atoms with van der Waals surface area (Å²) < 4.78 is 25.3. The van der Waals surface area contributed by atoms with Gasteiger partial charge in [0, 0.05) is 0 Å². The van der Waals surface area contributed by atoms with Gasteiger partial charge in [-0.2, -0.15) is 0 Å². The Bertz CT molecular complexity index is 2470. The predicted molar refractivity (Wildman–Crippen MR) is 264 cm³/mol. The molecule has 336 valence electrons. The van der Waals surface area contributed by atoms with E-state index in [0.717, 1.165) is 33.4 Å². The largest absolute Gasteiger partial charge is 0.439 e. The first-order valence-electron chi connectivity index (χ1n) is 22.9. The molecule has 0 aromatic heterocycles. The topological polar surface area (TPSA) is 77.5 Å². The van der Waals surface area contributed by atoms with Gasteiger partial charge in [0.2, 0.25) is 0 Å².